The van der Waals surface area contributed by atoms with Crippen molar-refractivity contribution in [2.45, 2.75) is 11.8 Å². The van der Waals surface area contributed by atoms with E-state index in [-0.39, 0.29) is 5.97 Å². The molecule has 0 atom stereocenters. The van der Waals surface area contributed by atoms with E-state index in [0.717, 1.165) is 0 Å². The molecule has 0 amide bonds. The Morgan fingerprint density at radius 3 is 2.79 bits per heavy atom. The van der Waals surface area contributed by atoms with Crippen LogP contribution in [0.15, 0.2) is 23.1 Å². The van der Waals surface area contributed by atoms with Gasteiger partial charge in [0.05, 0.1) is 13.7 Å². The summed E-state index contributed by atoms with van der Waals surface area (Å²) in [6, 6.07) is 5.07. The third-order valence-corrected chi connectivity index (χ3v) is 1.96. The molecule has 1 aromatic carbocycles. The van der Waals surface area contributed by atoms with E-state index >= 15 is 0 Å². The average molecular weight is 212 g/mol. The SMILES string of the molecule is CCOC(=O)c1cc(S)ccc1OC. The van der Waals surface area contributed by atoms with Gasteiger partial charge in [0.25, 0.3) is 0 Å². The van der Waals surface area contributed by atoms with E-state index in [4.69, 9.17) is 9.47 Å². The lowest BCUT2D eigenvalue weighted by Crippen LogP contribution is -2.06. The van der Waals surface area contributed by atoms with Crippen LogP contribution in [0.3, 0.4) is 0 Å². The first-order chi connectivity index (χ1) is 6.69. The summed E-state index contributed by atoms with van der Waals surface area (Å²) in [5, 5.41) is 0. The molecule has 0 radical (unpaired) electrons. The average Bonchev–Trinajstić information content (AvgIpc) is 2.18. The van der Waals surface area contributed by atoms with Crippen molar-refractivity contribution >= 4 is 18.6 Å². The van der Waals surface area contributed by atoms with Crippen LogP contribution in [0.1, 0.15) is 17.3 Å². The number of ether oxygens (including phenoxy) is 2. The predicted molar refractivity (Wildman–Crippen MR) is 56.2 cm³/mol. The Morgan fingerprint density at radius 2 is 2.21 bits per heavy atom. The number of rotatable bonds is 3. The van der Waals surface area contributed by atoms with E-state index < -0.39 is 0 Å². The maximum atomic E-state index is 11.4. The summed E-state index contributed by atoms with van der Waals surface area (Å²) < 4.78 is 9.91. The molecule has 14 heavy (non-hydrogen) atoms. The van der Waals surface area contributed by atoms with Gasteiger partial charge in [0.2, 0.25) is 0 Å². The molecule has 1 rings (SSSR count). The normalized spacial score (nSPS) is 9.64. The van der Waals surface area contributed by atoms with Crippen LogP contribution in [0.2, 0.25) is 0 Å². The minimum absolute atomic E-state index is 0.346. The van der Waals surface area contributed by atoms with Gasteiger partial charge in [-0.15, -0.1) is 12.6 Å². The van der Waals surface area contributed by atoms with E-state index in [1.165, 1.54) is 7.11 Å². The summed E-state index contributed by atoms with van der Waals surface area (Å²) in [5.74, 6) is 0.113. The maximum Gasteiger partial charge on any atom is 0.341 e. The Kier molecular flexibility index (Phi) is 3.83. The summed E-state index contributed by atoms with van der Waals surface area (Å²) in [7, 11) is 1.51. The Hall–Kier alpha value is -1.16. The van der Waals surface area contributed by atoms with E-state index in [9.17, 15) is 4.79 Å². The lowest BCUT2D eigenvalue weighted by molar-refractivity contribution is 0.0522. The van der Waals surface area contributed by atoms with Crippen LogP contribution in [-0.4, -0.2) is 19.7 Å². The van der Waals surface area contributed by atoms with Gasteiger partial charge in [-0.1, -0.05) is 0 Å². The molecule has 0 saturated carbocycles. The van der Waals surface area contributed by atoms with Crippen molar-refractivity contribution in [1.82, 2.24) is 0 Å². The first-order valence-electron chi connectivity index (χ1n) is 4.23. The molecule has 3 nitrogen and oxygen atoms in total. The van der Waals surface area contributed by atoms with E-state index in [1.54, 1.807) is 25.1 Å². The molecule has 0 aliphatic rings. The molecule has 0 heterocycles. The molecule has 0 N–H and O–H groups in total. The highest BCUT2D eigenvalue weighted by Gasteiger charge is 2.12. The van der Waals surface area contributed by atoms with E-state index in [0.29, 0.717) is 22.8 Å². The quantitative estimate of drug-likeness (QED) is 0.616. The molecule has 0 bridgehead atoms. The molecule has 0 aromatic heterocycles. The zero-order valence-electron chi connectivity index (χ0n) is 8.11. The Morgan fingerprint density at radius 1 is 1.50 bits per heavy atom. The minimum Gasteiger partial charge on any atom is -0.496 e. The van der Waals surface area contributed by atoms with Crippen molar-refractivity contribution in [3.05, 3.63) is 23.8 Å². The highest BCUT2D eigenvalue weighted by atomic mass is 32.1. The van der Waals surface area contributed by atoms with Crippen molar-refractivity contribution < 1.29 is 14.3 Å². The summed E-state index contributed by atoms with van der Waals surface area (Å²) in [5.41, 5.74) is 0.404. The number of hydrogen-bond acceptors (Lipinski definition) is 4. The summed E-state index contributed by atoms with van der Waals surface area (Å²) in [6.45, 7) is 2.10. The van der Waals surface area contributed by atoms with Crippen molar-refractivity contribution in [3.63, 3.8) is 0 Å². The number of hydrogen-bond donors (Lipinski definition) is 1. The summed E-state index contributed by atoms with van der Waals surface area (Å²) in [6.07, 6.45) is 0. The molecule has 0 aliphatic carbocycles. The van der Waals surface area contributed by atoms with Gasteiger partial charge in [-0.3, -0.25) is 0 Å². The van der Waals surface area contributed by atoms with Gasteiger partial charge < -0.3 is 9.47 Å². The van der Waals surface area contributed by atoms with Crippen LogP contribution < -0.4 is 4.74 Å². The topological polar surface area (TPSA) is 35.5 Å². The minimum atomic E-state index is -0.389. The molecule has 0 aliphatic heterocycles. The first kappa shape index (κ1) is 10.9. The predicted octanol–water partition coefficient (Wildman–Crippen LogP) is 2.16. The summed E-state index contributed by atoms with van der Waals surface area (Å²) in [4.78, 5) is 12.1. The molecule has 0 spiro atoms. The van der Waals surface area contributed by atoms with Gasteiger partial charge in [0.1, 0.15) is 11.3 Å². The van der Waals surface area contributed by atoms with Crippen LogP contribution in [0, 0.1) is 0 Å². The maximum absolute atomic E-state index is 11.4. The smallest absolute Gasteiger partial charge is 0.341 e. The number of benzene rings is 1. The highest BCUT2D eigenvalue weighted by molar-refractivity contribution is 7.80. The summed E-state index contributed by atoms with van der Waals surface area (Å²) >= 11 is 4.14. The van der Waals surface area contributed by atoms with Crippen molar-refractivity contribution in [3.8, 4) is 5.75 Å². The molecular formula is C10H12O3S. The Labute approximate surface area is 88.4 Å². The number of methoxy groups -OCH3 is 1. The fraction of sp³-hybridized carbons (Fsp3) is 0.300. The van der Waals surface area contributed by atoms with Crippen molar-refractivity contribution in [2.75, 3.05) is 13.7 Å². The van der Waals surface area contributed by atoms with Crippen LogP contribution in [0.4, 0.5) is 0 Å². The second-order valence-electron chi connectivity index (χ2n) is 2.61. The van der Waals surface area contributed by atoms with Crippen molar-refractivity contribution in [1.29, 1.82) is 0 Å². The molecule has 0 fully saturated rings. The zero-order valence-corrected chi connectivity index (χ0v) is 9.01. The van der Waals surface area contributed by atoms with Gasteiger partial charge in [-0.25, -0.2) is 4.79 Å². The Bertz CT molecular complexity index is 336. The van der Waals surface area contributed by atoms with Gasteiger partial charge in [-0.2, -0.15) is 0 Å². The number of thiol groups is 1. The number of carbonyl (C=O) groups excluding carboxylic acids is 1. The lowest BCUT2D eigenvalue weighted by Gasteiger charge is -2.07. The third-order valence-electron chi connectivity index (χ3n) is 1.68. The second-order valence-corrected chi connectivity index (χ2v) is 3.12. The molecule has 0 saturated heterocycles. The first-order valence-corrected chi connectivity index (χ1v) is 4.68. The highest BCUT2D eigenvalue weighted by Crippen LogP contribution is 2.22. The molecular weight excluding hydrogens is 200 g/mol. The monoisotopic (exact) mass is 212 g/mol. The van der Waals surface area contributed by atoms with Crippen LogP contribution >= 0.6 is 12.6 Å². The lowest BCUT2D eigenvalue weighted by atomic mass is 10.2. The van der Waals surface area contributed by atoms with Gasteiger partial charge in [-0.05, 0) is 25.1 Å². The largest absolute Gasteiger partial charge is 0.496 e. The third kappa shape index (κ3) is 2.42. The van der Waals surface area contributed by atoms with E-state index in [2.05, 4.69) is 12.6 Å². The van der Waals surface area contributed by atoms with Gasteiger partial charge in [0, 0.05) is 4.90 Å². The van der Waals surface area contributed by atoms with Gasteiger partial charge >= 0.3 is 5.97 Å². The van der Waals surface area contributed by atoms with Crippen LogP contribution in [0.25, 0.3) is 0 Å². The van der Waals surface area contributed by atoms with Crippen LogP contribution in [0.5, 0.6) is 5.75 Å². The Balaban J connectivity index is 3.03. The molecule has 0 unspecified atom stereocenters. The zero-order chi connectivity index (χ0) is 10.6. The second kappa shape index (κ2) is 4.91. The number of esters is 1. The van der Waals surface area contributed by atoms with Gasteiger partial charge in [0.15, 0.2) is 0 Å². The van der Waals surface area contributed by atoms with Crippen molar-refractivity contribution in [2.24, 2.45) is 0 Å². The fourth-order valence-electron chi connectivity index (χ4n) is 1.06. The standard InChI is InChI=1S/C10H12O3S/c1-3-13-10(11)8-6-7(14)4-5-9(8)12-2/h4-6,14H,3H2,1-2H3. The molecule has 4 heteroatoms. The molecule has 76 valence electrons. The van der Waals surface area contributed by atoms with Crippen LogP contribution in [-0.2, 0) is 4.74 Å². The number of carbonyl (C=O) groups is 1. The molecule has 1 aromatic rings. The van der Waals surface area contributed by atoms with E-state index in [1.807, 2.05) is 0 Å². The fourth-order valence-corrected chi connectivity index (χ4v) is 1.27.